The zero-order chi connectivity index (χ0) is 99.2. The van der Waals surface area contributed by atoms with Crippen molar-refractivity contribution in [1.29, 1.82) is 15.8 Å². The fourth-order valence-corrected chi connectivity index (χ4v) is 22.9. The maximum Gasteiger partial charge on any atom is 0.411 e. The summed E-state index contributed by atoms with van der Waals surface area (Å²) >= 11 is 4.13. The van der Waals surface area contributed by atoms with Crippen molar-refractivity contribution in [2.45, 2.75) is 391 Å². The van der Waals surface area contributed by atoms with Gasteiger partial charge in [-0.05, 0) is 215 Å². The Kier molecular flexibility index (Phi) is 29.9. The van der Waals surface area contributed by atoms with Crippen LogP contribution in [0, 0.1) is 34.0 Å². The number of nitrogen functional groups attached to an aromatic ring is 3. The first kappa shape index (κ1) is 105. The van der Waals surface area contributed by atoms with Gasteiger partial charge in [0, 0.05) is 16.7 Å². The number of aliphatic hydroxyl groups is 4. The molecule has 132 heavy (non-hydrogen) atoms. The summed E-state index contributed by atoms with van der Waals surface area (Å²) in [6.45, 7) is 53.0. The van der Waals surface area contributed by atoms with Crippen LogP contribution in [-0.4, -0.2) is 252 Å². The molecule has 11 N–H and O–H groups in total. The number of thiophene rings is 3. The lowest BCUT2D eigenvalue weighted by Gasteiger charge is -2.37. The number of nitriles is 3. The number of carbonyl (C=O) groups excluding carboxylic acids is 4. The van der Waals surface area contributed by atoms with E-state index in [0.717, 1.165) is 44.8 Å². The maximum atomic E-state index is 13.4. The van der Waals surface area contributed by atoms with Crippen molar-refractivity contribution in [3.63, 3.8) is 0 Å². The van der Waals surface area contributed by atoms with E-state index in [0.29, 0.717) is 59.0 Å². The Hall–Kier alpha value is -8.72. The molecule has 14 rings (SSSR count). The number of carbonyl (C=O) groups is 4. The molecule has 0 unspecified atom stereocenters. The molecular formula is C90H133N15O23S4. The SMILES string of the molecule is CC[C@@H]1[C@H]2OC(C)(C)O[C@@]2(C)[C@H](/C(C#N)=C/O)N1C(=O)OC(C)(C)C.CC[C@@H]1[C@H]2OC(C)(C)O[C@@]2(C)[C@H](/C(C#N)=C/OS(C)(=O)=O)N1C(=O)OC(C)(C)C.CC[C@@H]1[C@H]2OC(C)(C)O[C@@]2(C)[C@H](c2csc(C#N)c2N)N1C(=O)OC(C)(C)C.CC[C@@H]1[C@H]2OC(C)(C)O[C@@]2(C)[C@H](c2csc3c(N)ncnc23)N1C(=O)OC(C)(C)C.C[C@@]1(O)[C@H](O)[C@@H](CO)N[C@H]1c1csc2c(N)ncnc12. The molecule has 5 aromatic rings. The number of aromatic nitrogens is 4. The summed E-state index contributed by atoms with van der Waals surface area (Å²) < 4.78 is 102. The van der Waals surface area contributed by atoms with E-state index in [2.05, 4.69) is 31.3 Å². The van der Waals surface area contributed by atoms with Gasteiger partial charge in [0.2, 0.25) is 0 Å². The van der Waals surface area contributed by atoms with Gasteiger partial charge in [-0.25, -0.2) is 39.1 Å². The third kappa shape index (κ3) is 20.8. The summed E-state index contributed by atoms with van der Waals surface area (Å²) in [6.07, 6.45) is 3.06. The first-order valence-electron chi connectivity index (χ1n) is 43.9. The van der Waals surface area contributed by atoms with Crippen LogP contribution in [-0.2, 0) is 71.1 Å². The van der Waals surface area contributed by atoms with Gasteiger partial charge in [-0.1, -0.05) is 27.7 Å². The monoisotopic (exact) mass is 1920 g/mol. The number of hydrogen-bond donors (Lipinski definition) is 8. The van der Waals surface area contributed by atoms with Crippen LogP contribution < -0.4 is 22.5 Å². The molecule has 0 aromatic carbocycles. The minimum absolute atomic E-state index is 0.0376. The number of amides is 4. The molecule has 0 aliphatic carbocycles. The number of rotatable bonds is 12. The molecule has 9 aliphatic rings. The highest BCUT2D eigenvalue weighted by molar-refractivity contribution is 7.86. The molecule has 20 atom stereocenters. The highest BCUT2D eigenvalue weighted by Crippen LogP contribution is 2.60. The lowest BCUT2D eigenvalue weighted by molar-refractivity contribution is -0.183. The number of likely N-dealkylation sites (tertiary alicyclic amines) is 4. The molecule has 0 bridgehead atoms. The van der Waals surface area contributed by atoms with E-state index in [9.17, 15) is 63.8 Å². The quantitative estimate of drug-likeness (QED) is 0.0249. The van der Waals surface area contributed by atoms with Crippen molar-refractivity contribution < 1.29 is 109 Å². The summed E-state index contributed by atoms with van der Waals surface area (Å²) in [4.78, 5) is 76.2. The summed E-state index contributed by atoms with van der Waals surface area (Å²) in [5.74, 6) is -2.51. The van der Waals surface area contributed by atoms with Gasteiger partial charge in [0.25, 0.3) is 0 Å². The zero-order valence-corrected chi connectivity index (χ0v) is 84.3. The van der Waals surface area contributed by atoms with Gasteiger partial charge in [-0.3, -0.25) is 24.9 Å². The number of nitrogens with two attached hydrogens (primary N) is 3. The molecule has 14 heterocycles. The first-order valence-corrected chi connectivity index (χ1v) is 48.4. The fourth-order valence-electron chi connectivity index (χ4n) is 19.9. The Balaban J connectivity index is 0.000000172. The van der Waals surface area contributed by atoms with Gasteiger partial charge in [0.1, 0.15) is 147 Å². The molecule has 9 fully saturated rings. The number of ether oxygens (including phenoxy) is 12. The van der Waals surface area contributed by atoms with Crippen LogP contribution in [0.25, 0.3) is 20.4 Å². The van der Waals surface area contributed by atoms with E-state index < -0.39 is 163 Å². The van der Waals surface area contributed by atoms with Crippen molar-refractivity contribution >= 4 is 106 Å². The van der Waals surface area contributed by atoms with Gasteiger partial charge in [-0.2, -0.15) is 24.2 Å². The Labute approximate surface area is 784 Å². The van der Waals surface area contributed by atoms with Crippen LogP contribution in [0.2, 0.25) is 0 Å². The molecular weight excluding hydrogens is 1790 g/mol. The van der Waals surface area contributed by atoms with E-state index in [1.54, 1.807) is 92.9 Å². The van der Waals surface area contributed by atoms with Crippen LogP contribution >= 0.6 is 34.0 Å². The standard InChI is InChI=1S/C21H30N4O4S.C20H29N3O4S.C19H30N2O7S.C18H28N2O5.C12H16N4O3S/c1-8-12-16-21(7,29-20(5,6)27-16)15(25(12)18(26)28-19(2,3)4)11-9-30-14-13(11)23-10-24-17(14)22;1-8-12-16-20(7,27-19(5,6)25-16)15(11-10-28-13(9-21)14(11)22)23(12)17(24)26-18(2,3)4;1-9-13-15-19(7,28-18(5,6)26-15)14(12(10-20)11-25-29(8,23)24)21(13)16(22)27-17(2,3)4;1-8-12-14-18(7,25-17(5,6)23-14)13(11(9-19)10-21)20(12)15(22)24-16(2,3)4;1-12(19)9(16-6(2-17)10(12)18)5-3-20-8-7(5)14-4-15-11(8)13/h9-10,12,15-16H,8H2,1-7H3,(H2,22,23,24);10,12,15-16H,8,22H2,1-7H3;11,13-15H,9H2,1-8H3;10,12-14,21H,8H2,1-7H3;3-4,6,9-10,16-19H,2H2,1H3,(H2,13,14,15)/b;;12-11+;11-10+;/t12-,15+,16-,21+;12-,15+,16-,20+;13-,14+,15-,19+;12-,13+,14-,18+;6-,9+,10-,12+/m11111/s1. The zero-order valence-electron chi connectivity index (χ0n) is 81.1. The molecule has 0 spiro atoms. The van der Waals surface area contributed by atoms with Crippen molar-refractivity contribution in [1.82, 2.24) is 44.9 Å². The molecule has 730 valence electrons. The second-order valence-corrected chi connectivity index (χ2v) is 45.2. The van der Waals surface area contributed by atoms with Crippen LogP contribution in [0.5, 0.6) is 0 Å². The second kappa shape index (κ2) is 37.4. The van der Waals surface area contributed by atoms with Crippen molar-refractivity contribution in [2.24, 2.45) is 0 Å². The maximum absolute atomic E-state index is 13.4. The number of anilines is 3. The Morgan fingerprint density at radius 1 is 0.523 bits per heavy atom. The molecule has 5 aromatic heterocycles. The first-order chi connectivity index (χ1) is 60.6. The van der Waals surface area contributed by atoms with E-state index in [4.69, 9.17) is 78.2 Å². The number of nitrogens with one attached hydrogen (secondary N) is 1. The third-order valence-electron chi connectivity index (χ3n) is 24.1. The van der Waals surface area contributed by atoms with E-state index >= 15 is 0 Å². The van der Waals surface area contributed by atoms with Crippen LogP contribution in [0.1, 0.15) is 266 Å². The predicted molar refractivity (Wildman–Crippen MR) is 492 cm³/mol. The highest BCUT2D eigenvalue weighted by Gasteiger charge is 2.72. The number of nitrogens with zero attached hydrogens (tertiary/aromatic N) is 11. The minimum Gasteiger partial charge on any atom is -0.514 e. The van der Waals surface area contributed by atoms with Gasteiger partial charge in [0.05, 0.1) is 105 Å². The van der Waals surface area contributed by atoms with Gasteiger partial charge in [-0.15, -0.1) is 34.0 Å². The van der Waals surface area contributed by atoms with Crippen LogP contribution in [0.3, 0.4) is 0 Å². The average Bonchev–Trinajstić information content (AvgIpc) is 1.55. The number of aliphatic hydroxyl groups excluding tert-OH is 3. The molecule has 0 saturated carbocycles. The van der Waals surface area contributed by atoms with Crippen LogP contribution in [0.4, 0.5) is 36.5 Å². The second-order valence-electron chi connectivity index (χ2n) is 41.0. The van der Waals surface area contributed by atoms with Gasteiger partial charge in [0.15, 0.2) is 23.1 Å². The topological polar surface area (TPSA) is 529 Å². The van der Waals surface area contributed by atoms with Crippen molar-refractivity contribution in [3.8, 4) is 18.2 Å². The molecule has 38 nitrogen and oxygen atoms in total. The predicted octanol–water partition coefficient (Wildman–Crippen LogP) is 13.8. The molecule has 9 saturated heterocycles. The van der Waals surface area contributed by atoms with Crippen molar-refractivity contribution in [3.05, 3.63) is 74.0 Å². The summed E-state index contributed by atoms with van der Waals surface area (Å²) in [7, 11) is -3.84. The molecule has 0 radical (unpaired) electrons. The Morgan fingerprint density at radius 3 is 1.17 bits per heavy atom. The average molecular weight is 1920 g/mol. The lowest BCUT2D eigenvalue weighted by Crippen LogP contribution is -2.51. The minimum atomic E-state index is -3.84. The third-order valence-corrected chi connectivity index (χ3v) is 27.5. The number of fused-ring (bicyclic) bond motifs is 6. The van der Waals surface area contributed by atoms with E-state index in [-0.39, 0.29) is 54.2 Å². The largest absolute Gasteiger partial charge is 0.514 e. The van der Waals surface area contributed by atoms with Crippen molar-refractivity contribution in [2.75, 3.05) is 30.1 Å². The van der Waals surface area contributed by atoms with E-state index in [1.165, 1.54) is 56.5 Å². The van der Waals surface area contributed by atoms with E-state index in [1.807, 2.05) is 146 Å². The summed E-state index contributed by atoms with van der Waals surface area (Å²) in [6, 6.07) is 1.01. The summed E-state index contributed by atoms with van der Waals surface area (Å²) in [5.41, 5.74) is 14.5. The molecule has 9 aliphatic heterocycles. The fraction of sp³-hybridized carbons (Fsp3) is 0.700. The smallest absolute Gasteiger partial charge is 0.411 e. The van der Waals surface area contributed by atoms with Crippen LogP contribution in [0.15, 0.2) is 52.5 Å². The lowest BCUT2D eigenvalue weighted by atomic mass is 9.88. The van der Waals surface area contributed by atoms with Gasteiger partial charge < -0.3 is 98.7 Å². The van der Waals surface area contributed by atoms with Gasteiger partial charge >= 0.3 is 34.5 Å². The molecule has 4 amide bonds. The Bertz CT molecular complexity index is 5420. The summed E-state index contributed by atoms with van der Waals surface area (Å²) in [5, 5.41) is 76.8. The normalized spacial score (nSPS) is 32.3. The Morgan fingerprint density at radius 2 is 0.848 bits per heavy atom. The highest BCUT2D eigenvalue weighted by atomic mass is 32.2. The molecule has 42 heteroatoms. The number of hydrogen-bond acceptors (Lipinski definition) is 37.